The molecule has 1 atom stereocenters. The Balaban J connectivity index is 0.00000242. The van der Waals surface area contributed by atoms with E-state index < -0.39 is 0 Å². The summed E-state index contributed by atoms with van der Waals surface area (Å²) in [6.07, 6.45) is 1.91. The lowest BCUT2D eigenvalue weighted by molar-refractivity contribution is -0.125. The fourth-order valence-electron chi connectivity index (χ4n) is 2.50. The van der Waals surface area contributed by atoms with Crippen LogP contribution < -0.4 is 16.0 Å². The molecule has 1 aliphatic rings. The van der Waals surface area contributed by atoms with Gasteiger partial charge in [0, 0.05) is 24.3 Å². The highest BCUT2D eigenvalue weighted by Gasteiger charge is 2.34. The van der Waals surface area contributed by atoms with Crippen molar-refractivity contribution in [2.45, 2.75) is 26.7 Å². The molecule has 2 amide bonds. The van der Waals surface area contributed by atoms with Crippen LogP contribution in [0, 0.1) is 5.41 Å². The van der Waals surface area contributed by atoms with Gasteiger partial charge in [0.25, 0.3) is 5.91 Å². The highest BCUT2D eigenvalue weighted by molar-refractivity contribution is 5.97. The molecule has 1 aromatic carbocycles. The lowest BCUT2D eigenvalue weighted by Crippen LogP contribution is -2.46. The molecule has 0 aliphatic carbocycles. The van der Waals surface area contributed by atoms with Gasteiger partial charge in [-0.25, -0.2) is 0 Å². The van der Waals surface area contributed by atoms with Crippen LogP contribution in [-0.4, -0.2) is 31.4 Å². The molecule has 0 spiro atoms. The molecule has 122 valence electrons. The Kier molecular flexibility index (Phi) is 6.84. The van der Waals surface area contributed by atoms with Gasteiger partial charge in [0.15, 0.2) is 0 Å². The molecule has 3 N–H and O–H groups in total. The zero-order valence-corrected chi connectivity index (χ0v) is 13.9. The number of nitrogens with one attached hydrogen (secondary N) is 3. The van der Waals surface area contributed by atoms with Gasteiger partial charge in [0.1, 0.15) is 0 Å². The van der Waals surface area contributed by atoms with E-state index in [0.29, 0.717) is 18.7 Å². The summed E-state index contributed by atoms with van der Waals surface area (Å²) in [7, 11) is 0. The molecule has 1 aromatic rings. The monoisotopic (exact) mass is 325 g/mol. The van der Waals surface area contributed by atoms with Gasteiger partial charge in [-0.05, 0) is 57.5 Å². The minimum atomic E-state index is -0.365. The predicted molar refractivity (Wildman–Crippen MR) is 90.5 cm³/mol. The van der Waals surface area contributed by atoms with Crippen molar-refractivity contribution in [1.82, 2.24) is 10.6 Å². The van der Waals surface area contributed by atoms with E-state index >= 15 is 0 Å². The van der Waals surface area contributed by atoms with Crippen LogP contribution in [0.25, 0.3) is 0 Å². The lowest BCUT2D eigenvalue weighted by atomic mass is 9.82. The topological polar surface area (TPSA) is 70.2 Å². The molecule has 2 rings (SSSR count). The van der Waals surface area contributed by atoms with E-state index in [1.165, 1.54) is 0 Å². The highest BCUT2D eigenvalue weighted by atomic mass is 35.5. The van der Waals surface area contributed by atoms with Crippen LogP contribution in [0.5, 0.6) is 0 Å². The zero-order valence-electron chi connectivity index (χ0n) is 13.1. The number of benzene rings is 1. The molecule has 1 heterocycles. The Labute approximate surface area is 137 Å². The van der Waals surface area contributed by atoms with Gasteiger partial charge in [-0.15, -0.1) is 12.4 Å². The quantitative estimate of drug-likeness (QED) is 0.794. The van der Waals surface area contributed by atoms with Crippen molar-refractivity contribution < 1.29 is 9.59 Å². The number of hydrogen-bond acceptors (Lipinski definition) is 3. The fraction of sp³-hybridized carbons (Fsp3) is 0.500. The second kappa shape index (κ2) is 8.15. The lowest BCUT2D eigenvalue weighted by Gasteiger charge is -2.32. The standard InChI is InChI=1S/C16H23N3O2.ClH/c1-3-18-14(20)12-5-7-13(8-6-12)19-15(21)16(2)9-4-10-17-11-16;/h5-8,17H,3-4,9-11H2,1-2H3,(H,18,20)(H,19,21);1H. The van der Waals surface area contributed by atoms with Crippen LogP contribution in [-0.2, 0) is 4.79 Å². The van der Waals surface area contributed by atoms with Crippen molar-refractivity contribution in [3.8, 4) is 0 Å². The van der Waals surface area contributed by atoms with Crippen LogP contribution in [0.1, 0.15) is 37.0 Å². The smallest absolute Gasteiger partial charge is 0.251 e. The van der Waals surface area contributed by atoms with E-state index in [9.17, 15) is 9.59 Å². The Hall–Kier alpha value is -1.59. The molecule has 1 fully saturated rings. The molecule has 0 saturated carbocycles. The summed E-state index contributed by atoms with van der Waals surface area (Å²) in [5, 5.41) is 8.95. The van der Waals surface area contributed by atoms with Crippen LogP contribution in [0.3, 0.4) is 0 Å². The molecule has 1 aliphatic heterocycles. The number of amides is 2. The van der Waals surface area contributed by atoms with Crippen LogP contribution in [0.15, 0.2) is 24.3 Å². The predicted octanol–water partition coefficient (Wildman–Crippen LogP) is 2.19. The Morgan fingerprint density at radius 1 is 1.27 bits per heavy atom. The van der Waals surface area contributed by atoms with Crippen molar-refractivity contribution in [2.24, 2.45) is 5.41 Å². The SMILES string of the molecule is CCNC(=O)c1ccc(NC(=O)C2(C)CCCNC2)cc1.Cl. The first-order valence-electron chi connectivity index (χ1n) is 7.45. The summed E-state index contributed by atoms with van der Waals surface area (Å²) >= 11 is 0. The second-order valence-corrected chi connectivity index (χ2v) is 5.73. The van der Waals surface area contributed by atoms with Crippen molar-refractivity contribution in [1.29, 1.82) is 0 Å². The maximum absolute atomic E-state index is 12.4. The van der Waals surface area contributed by atoms with Crippen LogP contribution in [0.2, 0.25) is 0 Å². The summed E-state index contributed by atoms with van der Waals surface area (Å²) in [6.45, 7) is 6.14. The molecular weight excluding hydrogens is 302 g/mol. The van der Waals surface area contributed by atoms with Crippen molar-refractivity contribution in [3.05, 3.63) is 29.8 Å². The number of anilines is 1. The number of rotatable bonds is 4. The number of halogens is 1. The van der Waals surface area contributed by atoms with Gasteiger partial charge in [-0.3, -0.25) is 9.59 Å². The third-order valence-electron chi connectivity index (χ3n) is 3.89. The second-order valence-electron chi connectivity index (χ2n) is 5.73. The summed E-state index contributed by atoms with van der Waals surface area (Å²) in [5.74, 6) is -0.0701. The molecule has 6 heteroatoms. The van der Waals surface area contributed by atoms with Crippen molar-refractivity contribution in [3.63, 3.8) is 0 Å². The van der Waals surface area contributed by atoms with Gasteiger partial charge in [0.2, 0.25) is 5.91 Å². The average molecular weight is 326 g/mol. The summed E-state index contributed by atoms with van der Waals surface area (Å²) in [6, 6.07) is 6.98. The molecule has 0 radical (unpaired) electrons. The molecule has 22 heavy (non-hydrogen) atoms. The van der Waals surface area contributed by atoms with Crippen LogP contribution in [0.4, 0.5) is 5.69 Å². The number of hydrogen-bond donors (Lipinski definition) is 3. The minimum absolute atomic E-state index is 0. The number of carbonyl (C=O) groups is 2. The molecule has 1 unspecified atom stereocenters. The van der Waals surface area contributed by atoms with E-state index in [1.807, 2.05) is 13.8 Å². The fourth-order valence-corrected chi connectivity index (χ4v) is 2.50. The molecular formula is C16H24ClN3O2. The first kappa shape index (κ1) is 18.5. The largest absolute Gasteiger partial charge is 0.352 e. The Bertz CT molecular complexity index is 511. The molecule has 1 saturated heterocycles. The molecule has 0 bridgehead atoms. The Morgan fingerprint density at radius 2 is 1.95 bits per heavy atom. The van der Waals surface area contributed by atoms with Crippen LogP contribution >= 0.6 is 12.4 Å². The van der Waals surface area contributed by atoms with E-state index in [1.54, 1.807) is 24.3 Å². The first-order chi connectivity index (χ1) is 10.0. The van der Waals surface area contributed by atoms with E-state index in [4.69, 9.17) is 0 Å². The number of piperidine rings is 1. The Morgan fingerprint density at radius 3 is 2.50 bits per heavy atom. The van der Waals surface area contributed by atoms with Gasteiger partial charge in [0.05, 0.1) is 5.41 Å². The third-order valence-corrected chi connectivity index (χ3v) is 3.89. The van der Waals surface area contributed by atoms with Crippen molar-refractivity contribution in [2.75, 3.05) is 25.0 Å². The van der Waals surface area contributed by atoms with Gasteiger partial charge in [-0.1, -0.05) is 0 Å². The molecule has 5 nitrogen and oxygen atoms in total. The van der Waals surface area contributed by atoms with Crippen molar-refractivity contribution >= 4 is 29.9 Å². The minimum Gasteiger partial charge on any atom is -0.352 e. The van der Waals surface area contributed by atoms with Gasteiger partial charge < -0.3 is 16.0 Å². The summed E-state index contributed by atoms with van der Waals surface area (Å²) < 4.78 is 0. The normalized spacial score (nSPS) is 20.6. The molecule has 0 aromatic heterocycles. The average Bonchev–Trinajstić information content (AvgIpc) is 2.49. The van der Waals surface area contributed by atoms with Gasteiger partial charge >= 0.3 is 0 Å². The van der Waals surface area contributed by atoms with E-state index in [-0.39, 0.29) is 29.6 Å². The summed E-state index contributed by atoms with van der Waals surface area (Å²) in [4.78, 5) is 24.0. The highest BCUT2D eigenvalue weighted by Crippen LogP contribution is 2.27. The van der Waals surface area contributed by atoms with E-state index in [2.05, 4.69) is 16.0 Å². The number of carbonyl (C=O) groups excluding carboxylic acids is 2. The van der Waals surface area contributed by atoms with Gasteiger partial charge in [-0.2, -0.15) is 0 Å². The van der Waals surface area contributed by atoms with E-state index in [0.717, 1.165) is 25.1 Å². The zero-order chi connectivity index (χ0) is 15.3. The maximum atomic E-state index is 12.4. The first-order valence-corrected chi connectivity index (χ1v) is 7.45. The summed E-state index contributed by atoms with van der Waals surface area (Å²) in [5.41, 5.74) is 0.955. The third kappa shape index (κ3) is 4.45. The maximum Gasteiger partial charge on any atom is 0.251 e.